The van der Waals surface area contributed by atoms with Gasteiger partial charge in [-0.15, -0.1) is 0 Å². The first-order valence-corrected chi connectivity index (χ1v) is 10.0. The SMILES string of the molecule is COc1ccccc1CN(Cc1cccnc1)C(=O)c1c2c(nn1C)CCCC2. The summed E-state index contributed by atoms with van der Waals surface area (Å²) in [5, 5.41) is 4.63. The van der Waals surface area contributed by atoms with E-state index in [1.807, 2.05) is 48.3 Å². The maximum absolute atomic E-state index is 13.7. The van der Waals surface area contributed by atoms with Gasteiger partial charge < -0.3 is 9.64 Å². The fraction of sp³-hybridized carbons (Fsp3) is 0.348. The molecular formula is C23H26N4O2. The van der Waals surface area contributed by atoms with E-state index >= 15 is 0 Å². The molecule has 1 aliphatic carbocycles. The van der Waals surface area contributed by atoms with Crippen LogP contribution < -0.4 is 4.74 Å². The molecule has 2 heterocycles. The number of rotatable bonds is 6. The predicted molar refractivity (Wildman–Crippen MR) is 111 cm³/mol. The molecule has 2 aromatic heterocycles. The second kappa shape index (κ2) is 8.47. The average Bonchev–Trinajstić information content (AvgIpc) is 3.09. The van der Waals surface area contributed by atoms with Crippen LogP contribution >= 0.6 is 0 Å². The summed E-state index contributed by atoms with van der Waals surface area (Å²) < 4.78 is 7.27. The predicted octanol–water partition coefficient (Wildman–Crippen LogP) is 3.55. The maximum Gasteiger partial charge on any atom is 0.273 e. The third kappa shape index (κ3) is 4.01. The number of aryl methyl sites for hydroxylation is 2. The third-order valence-corrected chi connectivity index (χ3v) is 5.46. The van der Waals surface area contributed by atoms with E-state index in [9.17, 15) is 4.79 Å². The van der Waals surface area contributed by atoms with E-state index in [2.05, 4.69) is 10.1 Å². The molecule has 0 bridgehead atoms. The molecule has 0 atom stereocenters. The number of ether oxygens (including phenoxy) is 1. The van der Waals surface area contributed by atoms with Crippen LogP contribution in [0.15, 0.2) is 48.8 Å². The van der Waals surface area contributed by atoms with E-state index in [-0.39, 0.29) is 5.91 Å². The number of methoxy groups -OCH3 is 1. The molecule has 0 spiro atoms. The fourth-order valence-electron chi connectivity index (χ4n) is 4.05. The third-order valence-electron chi connectivity index (χ3n) is 5.46. The summed E-state index contributed by atoms with van der Waals surface area (Å²) in [6, 6.07) is 11.7. The molecule has 1 aliphatic rings. The molecule has 0 saturated carbocycles. The Hall–Kier alpha value is -3.15. The number of nitrogens with zero attached hydrogens (tertiary/aromatic N) is 4. The lowest BCUT2D eigenvalue weighted by Crippen LogP contribution is -2.32. The molecule has 3 aromatic rings. The number of pyridine rings is 1. The fourth-order valence-corrected chi connectivity index (χ4v) is 4.05. The van der Waals surface area contributed by atoms with Crippen LogP contribution in [0.5, 0.6) is 5.75 Å². The lowest BCUT2D eigenvalue weighted by atomic mass is 9.95. The number of aromatic nitrogens is 3. The highest BCUT2D eigenvalue weighted by Gasteiger charge is 2.28. The Labute approximate surface area is 171 Å². The van der Waals surface area contributed by atoms with Crippen LogP contribution in [0.1, 0.15) is 45.7 Å². The van der Waals surface area contributed by atoms with Crippen molar-refractivity contribution in [2.45, 2.75) is 38.8 Å². The minimum absolute atomic E-state index is 0.00194. The average molecular weight is 390 g/mol. The normalized spacial score (nSPS) is 13.0. The Morgan fingerprint density at radius 2 is 1.97 bits per heavy atom. The van der Waals surface area contributed by atoms with Gasteiger partial charge in [0.2, 0.25) is 0 Å². The van der Waals surface area contributed by atoms with Crippen molar-refractivity contribution in [3.8, 4) is 5.75 Å². The van der Waals surface area contributed by atoms with Crippen LogP contribution in [0.25, 0.3) is 0 Å². The maximum atomic E-state index is 13.7. The van der Waals surface area contributed by atoms with Gasteiger partial charge in [-0.05, 0) is 43.4 Å². The molecule has 29 heavy (non-hydrogen) atoms. The molecule has 0 aliphatic heterocycles. The van der Waals surface area contributed by atoms with Gasteiger partial charge in [-0.2, -0.15) is 5.10 Å². The summed E-state index contributed by atoms with van der Waals surface area (Å²) in [4.78, 5) is 19.8. The Morgan fingerprint density at radius 3 is 2.76 bits per heavy atom. The molecule has 6 nitrogen and oxygen atoms in total. The topological polar surface area (TPSA) is 60.2 Å². The Morgan fingerprint density at radius 1 is 1.14 bits per heavy atom. The zero-order chi connectivity index (χ0) is 20.2. The Kier molecular flexibility index (Phi) is 5.60. The van der Waals surface area contributed by atoms with Crippen LogP contribution in [-0.4, -0.2) is 32.7 Å². The molecule has 150 valence electrons. The summed E-state index contributed by atoms with van der Waals surface area (Å²) >= 11 is 0. The molecule has 0 N–H and O–H groups in total. The van der Waals surface area contributed by atoms with Gasteiger partial charge in [-0.1, -0.05) is 24.3 Å². The highest BCUT2D eigenvalue weighted by molar-refractivity contribution is 5.94. The highest BCUT2D eigenvalue weighted by Crippen LogP contribution is 2.27. The minimum atomic E-state index is -0.00194. The number of hydrogen-bond acceptors (Lipinski definition) is 4. The van der Waals surface area contributed by atoms with Gasteiger partial charge in [0.25, 0.3) is 5.91 Å². The monoisotopic (exact) mass is 390 g/mol. The molecule has 0 saturated heterocycles. The van der Waals surface area contributed by atoms with Gasteiger partial charge in [0.05, 0.1) is 19.3 Å². The molecular weight excluding hydrogens is 364 g/mol. The van der Waals surface area contributed by atoms with Gasteiger partial charge in [-0.3, -0.25) is 14.5 Å². The number of amides is 1. The van der Waals surface area contributed by atoms with Crippen molar-refractivity contribution in [3.63, 3.8) is 0 Å². The van der Waals surface area contributed by atoms with Crippen LogP contribution in [0.3, 0.4) is 0 Å². The molecule has 0 unspecified atom stereocenters. The summed E-state index contributed by atoms with van der Waals surface area (Å²) in [5.41, 5.74) is 4.86. The Bertz CT molecular complexity index is 997. The molecule has 4 rings (SSSR count). The number of hydrogen-bond donors (Lipinski definition) is 0. The van der Waals surface area contributed by atoms with E-state index in [1.165, 1.54) is 0 Å². The van der Waals surface area contributed by atoms with Crippen LogP contribution in [0.4, 0.5) is 0 Å². The number of carbonyl (C=O) groups excluding carboxylic acids is 1. The van der Waals surface area contributed by atoms with Gasteiger partial charge in [0, 0.05) is 37.1 Å². The smallest absolute Gasteiger partial charge is 0.273 e. The van der Waals surface area contributed by atoms with E-state index in [4.69, 9.17) is 4.74 Å². The van der Waals surface area contributed by atoms with Gasteiger partial charge in [-0.25, -0.2) is 0 Å². The number of para-hydroxylation sites is 1. The lowest BCUT2D eigenvalue weighted by Gasteiger charge is -2.25. The standard InChI is InChI=1S/C23H26N4O2/c1-26-22(19-10-4-5-11-20(19)25-26)23(28)27(15-17-8-7-13-24-14-17)16-18-9-3-6-12-21(18)29-2/h3,6-9,12-14H,4-5,10-11,15-16H2,1-2H3. The summed E-state index contributed by atoms with van der Waals surface area (Å²) in [6.07, 6.45) is 7.66. The Balaban J connectivity index is 1.70. The zero-order valence-electron chi connectivity index (χ0n) is 17.0. The van der Waals surface area contributed by atoms with Gasteiger partial charge in [0.15, 0.2) is 0 Å². The van der Waals surface area contributed by atoms with Crippen LogP contribution in [-0.2, 0) is 33.0 Å². The van der Waals surface area contributed by atoms with E-state index in [0.29, 0.717) is 18.8 Å². The van der Waals surface area contributed by atoms with Crippen molar-refractivity contribution >= 4 is 5.91 Å². The van der Waals surface area contributed by atoms with Crippen molar-refractivity contribution in [1.29, 1.82) is 0 Å². The summed E-state index contributed by atoms with van der Waals surface area (Å²) in [5.74, 6) is 0.779. The highest BCUT2D eigenvalue weighted by atomic mass is 16.5. The zero-order valence-corrected chi connectivity index (χ0v) is 17.0. The van der Waals surface area contributed by atoms with E-state index in [1.54, 1.807) is 24.2 Å². The number of fused-ring (bicyclic) bond motifs is 1. The van der Waals surface area contributed by atoms with Gasteiger partial charge in [0.1, 0.15) is 11.4 Å². The second-order valence-corrected chi connectivity index (χ2v) is 7.44. The number of carbonyl (C=O) groups is 1. The van der Waals surface area contributed by atoms with Crippen LogP contribution in [0.2, 0.25) is 0 Å². The summed E-state index contributed by atoms with van der Waals surface area (Å²) in [6.45, 7) is 0.933. The first-order chi connectivity index (χ1) is 14.2. The van der Waals surface area contributed by atoms with Crippen molar-refractivity contribution < 1.29 is 9.53 Å². The molecule has 0 radical (unpaired) electrons. The molecule has 1 amide bonds. The molecule has 1 aromatic carbocycles. The quantitative estimate of drug-likeness (QED) is 0.646. The number of benzene rings is 1. The van der Waals surface area contributed by atoms with E-state index < -0.39 is 0 Å². The first-order valence-electron chi connectivity index (χ1n) is 10.0. The van der Waals surface area contributed by atoms with Gasteiger partial charge >= 0.3 is 0 Å². The summed E-state index contributed by atoms with van der Waals surface area (Å²) in [7, 11) is 3.53. The van der Waals surface area contributed by atoms with E-state index in [0.717, 1.165) is 53.8 Å². The van der Waals surface area contributed by atoms with Crippen molar-refractivity contribution in [2.24, 2.45) is 7.05 Å². The molecule has 0 fully saturated rings. The van der Waals surface area contributed by atoms with Crippen molar-refractivity contribution in [2.75, 3.05) is 7.11 Å². The second-order valence-electron chi connectivity index (χ2n) is 7.44. The lowest BCUT2D eigenvalue weighted by molar-refractivity contribution is 0.0716. The largest absolute Gasteiger partial charge is 0.496 e. The van der Waals surface area contributed by atoms with Crippen LogP contribution in [0, 0.1) is 0 Å². The first kappa shape index (κ1) is 19.2. The van der Waals surface area contributed by atoms with Crippen molar-refractivity contribution in [3.05, 3.63) is 76.9 Å². The minimum Gasteiger partial charge on any atom is -0.496 e. The van der Waals surface area contributed by atoms with Crippen molar-refractivity contribution in [1.82, 2.24) is 19.7 Å². The molecule has 6 heteroatoms.